The zero-order chi connectivity index (χ0) is 18.9. The lowest BCUT2D eigenvalue weighted by Crippen LogP contribution is -2.37. The van der Waals surface area contributed by atoms with Crippen molar-refractivity contribution in [3.05, 3.63) is 35.5 Å². The van der Waals surface area contributed by atoms with Gasteiger partial charge in [0.15, 0.2) is 11.6 Å². The molecule has 0 amide bonds. The zero-order valence-corrected chi connectivity index (χ0v) is 16.1. The van der Waals surface area contributed by atoms with E-state index in [1.165, 1.54) is 5.56 Å². The average molecular weight is 379 g/mol. The number of morpholine rings is 1. The first-order chi connectivity index (χ1) is 13.8. The number of piperidine rings is 1. The van der Waals surface area contributed by atoms with Crippen LogP contribution in [0.15, 0.2) is 28.8 Å². The molecule has 0 unspecified atom stereocenters. The first-order valence-electron chi connectivity index (χ1n) is 10.1. The summed E-state index contributed by atoms with van der Waals surface area (Å²) >= 11 is 0. The molecule has 2 aromatic heterocycles. The second-order valence-corrected chi connectivity index (χ2v) is 7.61. The number of aryl methyl sites for hydroxylation is 1. The van der Waals surface area contributed by atoms with Crippen molar-refractivity contribution < 1.29 is 9.26 Å². The number of aromatic nitrogens is 3. The van der Waals surface area contributed by atoms with Crippen molar-refractivity contribution in [3.63, 3.8) is 0 Å². The van der Waals surface area contributed by atoms with Gasteiger partial charge in [0.2, 0.25) is 5.58 Å². The summed E-state index contributed by atoms with van der Waals surface area (Å²) in [6, 6.07) is 8.35. The van der Waals surface area contributed by atoms with Crippen LogP contribution in [0.3, 0.4) is 0 Å². The summed E-state index contributed by atoms with van der Waals surface area (Å²) < 4.78 is 11.3. The summed E-state index contributed by atoms with van der Waals surface area (Å²) in [5.74, 6) is 1.93. The molecular weight excluding hydrogens is 354 g/mol. The highest BCUT2D eigenvalue weighted by molar-refractivity contribution is 5.88. The number of hydrogen-bond donors (Lipinski definition) is 1. The van der Waals surface area contributed by atoms with Crippen LogP contribution in [-0.4, -0.2) is 54.5 Å². The lowest BCUT2D eigenvalue weighted by atomic mass is 9.94. The molecule has 0 bridgehead atoms. The van der Waals surface area contributed by atoms with Crippen LogP contribution < -0.4 is 10.2 Å². The fourth-order valence-electron chi connectivity index (χ4n) is 4.02. The lowest BCUT2D eigenvalue weighted by Gasteiger charge is -2.27. The van der Waals surface area contributed by atoms with Crippen LogP contribution in [0.2, 0.25) is 0 Å². The Bertz CT molecular complexity index is 957. The molecule has 28 heavy (non-hydrogen) atoms. The minimum Gasteiger partial charge on any atom is -0.378 e. The maximum atomic E-state index is 5.82. The van der Waals surface area contributed by atoms with Crippen LogP contribution in [0.1, 0.15) is 30.0 Å². The second kappa shape index (κ2) is 7.48. The highest BCUT2D eigenvalue weighted by atomic mass is 16.5. The molecule has 7 nitrogen and oxygen atoms in total. The van der Waals surface area contributed by atoms with E-state index in [1.54, 1.807) is 0 Å². The van der Waals surface area contributed by atoms with E-state index in [1.807, 2.05) is 0 Å². The van der Waals surface area contributed by atoms with Gasteiger partial charge in [0, 0.05) is 24.6 Å². The van der Waals surface area contributed by atoms with Crippen LogP contribution in [0.5, 0.6) is 0 Å². The second-order valence-electron chi connectivity index (χ2n) is 7.61. The Kier molecular flexibility index (Phi) is 4.70. The molecule has 0 saturated carbocycles. The molecule has 0 atom stereocenters. The molecule has 0 spiro atoms. The van der Waals surface area contributed by atoms with Crippen molar-refractivity contribution in [1.82, 2.24) is 20.4 Å². The predicted molar refractivity (Wildman–Crippen MR) is 108 cm³/mol. The molecule has 0 aliphatic carbocycles. The van der Waals surface area contributed by atoms with E-state index >= 15 is 0 Å². The van der Waals surface area contributed by atoms with Gasteiger partial charge in [0.1, 0.15) is 11.2 Å². The van der Waals surface area contributed by atoms with Crippen molar-refractivity contribution >= 4 is 16.9 Å². The Balaban J connectivity index is 1.65. The van der Waals surface area contributed by atoms with Crippen LogP contribution in [0, 0.1) is 6.92 Å². The van der Waals surface area contributed by atoms with E-state index in [2.05, 4.69) is 46.6 Å². The molecule has 2 saturated heterocycles. The number of hydrogen-bond acceptors (Lipinski definition) is 7. The zero-order valence-electron chi connectivity index (χ0n) is 16.1. The molecule has 2 fully saturated rings. The van der Waals surface area contributed by atoms with Gasteiger partial charge in [-0.15, -0.1) is 0 Å². The van der Waals surface area contributed by atoms with Crippen molar-refractivity contribution in [2.45, 2.75) is 25.7 Å². The van der Waals surface area contributed by atoms with E-state index in [0.717, 1.165) is 67.4 Å². The third kappa shape index (κ3) is 3.25. The molecule has 0 radical (unpaired) electrons. The van der Waals surface area contributed by atoms with Gasteiger partial charge in [0.25, 0.3) is 0 Å². The normalized spacial score (nSPS) is 18.7. The summed E-state index contributed by atoms with van der Waals surface area (Å²) in [7, 11) is 0. The number of rotatable bonds is 3. The summed E-state index contributed by atoms with van der Waals surface area (Å²) in [6.07, 6.45) is 2.11. The molecule has 1 N–H and O–H groups in total. The standard InChI is InChI=1S/C21H25N5O2/c1-14-2-4-16(5-3-14)20-23-18-17(15-6-8-22-9-7-15)25-28-19(18)21(24-20)26-10-12-27-13-11-26/h2-5,15,22H,6-13H2,1H3. The molecule has 146 valence electrons. The highest BCUT2D eigenvalue weighted by Gasteiger charge is 2.27. The molecule has 4 heterocycles. The summed E-state index contributed by atoms with van der Waals surface area (Å²) in [5, 5.41) is 7.88. The number of nitrogens with zero attached hydrogens (tertiary/aromatic N) is 4. The van der Waals surface area contributed by atoms with Gasteiger partial charge < -0.3 is 19.5 Å². The first-order valence-corrected chi connectivity index (χ1v) is 10.1. The monoisotopic (exact) mass is 379 g/mol. The Labute approximate surface area is 164 Å². The molecular formula is C21H25N5O2. The van der Waals surface area contributed by atoms with E-state index in [0.29, 0.717) is 24.7 Å². The molecule has 1 aromatic carbocycles. The SMILES string of the molecule is Cc1ccc(-c2nc(N3CCOCC3)c3onc(C4CCNCC4)c3n2)cc1. The largest absolute Gasteiger partial charge is 0.378 e. The minimum absolute atomic E-state index is 0.376. The number of ether oxygens (including phenoxy) is 1. The predicted octanol–water partition coefficient (Wildman–Crippen LogP) is 2.90. The molecule has 7 heteroatoms. The van der Waals surface area contributed by atoms with Crippen molar-refractivity contribution in [2.75, 3.05) is 44.3 Å². The Hall–Kier alpha value is -2.51. The van der Waals surface area contributed by atoms with E-state index in [-0.39, 0.29) is 0 Å². The first kappa shape index (κ1) is 17.6. The van der Waals surface area contributed by atoms with Crippen LogP contribution in [0.4, 0.5) is 5.82 Å². The van der Waals surface area contributed by atoms with Crippen LogP contribution in [0.25, 0.3) is 22.5 Å². The van der Waals surface area contributed by atoms with Gasteiger partial charge in [-0.05, 0) is 32.9 Å². The maximum absolute atomic E-state index is 5.82. The van der Waals surface area contributed by atoms with Gasteiger partial charge in [0.05, 0.1) is 13.2 Å². The van der Waals surface area contributed by atoms with Crippen molar-refractivity contribution in [1.29, 1.82) is 0 Å². The highest BCUT2D eigenvalue weighted by Crippen LogP contribution is 2.35. The molecule has 2 aliphatic rings. The number of benzene rings is 1. The van der Waals surface area contributed by atoms with Crippen molar-refractivity contribution in [2.24, 2.45) is 0 Å². The third-order valence-electron chi connectivity index (χ3n) is 5.67. The van der Waals surface area contributed by atoms with Gasteiger partial charge in [-0.25, -0.2) is 9.97 Å². The summed E-state index contributed by atoms with van der Waals surface area (Å²) in [5.41, 5.74) is 4.77. The molecule has 3 aromatic rings. The minimum atomic E-state index is 0.376. The average Bonchev–Trinajstić information content (AvgIpc) is 3.19. The fraction of sp³-hybridized carbons (Fsp3) is 0.476. The number of nitrogens with one attached hydrogen (secondary N) is 1. The van der Waals surface area contributed by atoms with Crippen LogP contribution in [-0.2, 0) is 4.74 Å². The molecule has 2 aliphatic heterocycles. The topological polar surface area (TPSA) is 76.3 Å². The van der Waals surface area contributed by atoms with E-state index < -0.39 is 0 Å². The Morgan fingerprint density at radius 3 is 2.54 bits per heavy atom. The van der Waals surface area contributed by atoms with E-state index in [4.69, 9.17) is 19.2 Å². The Morgan fingerprint density at radius 1 is 1.04 bits per heavy atom. The lowest BCUT2D eigenvalue weighted by molar-refractivity contribution is 0.122. The smallest absolute Gasteiger partial charge is 0.227 e. The van der Waals surface area contributed by atoms with Crippen molar-refractivity contribution in [3.8, 4) is 11.4 Å². The third-order valence-corrected chi connectivity index (χ3v) is 5.67. The van der Waals surface area contributed by atoms with Gasteiger partial charge in [-0.1, -0.05) is 35.0 Å². The van der Waals surface area contributed by atoms with Crippen LogP contribution >= 0.6 is 0 Å². The molecule has 5 rings (SSSR count). The Morgan fingerprint density at radius 2 is 1.79 bits per heavy atom. The summed E-state index contributed by atoms with van der Waals surface area (Å²) in [6.45, 7) is 7.08. The van der Waals surface area contributed by atoms with Gasteiger partial charge in [-0.3, -0.25) is 0 Å². The number of anilines is 1. The number of fused-ring (bicyclic) bond motifs is 1. The fourth-order valence-corrected chi connectivity index (χ4v) is 4.02. The maximum Gasteiger partial charge on any atom is 0.227 e. The van der Waals surface area contributed by atoms with Gasteiger partial charge in [-0.2, -0.15) is 0 Å². The summed E-state index contributed by atoms with van der Waals surface area (Å²) in [4.78, 5) is 12.0. The quantitative estimate of drug-likeness (QED) is 0.750. The van der Waals surface area contributed by atoms with Gasteiger partial charge >= 0.3 is 0 Å². The van der Waals surface area contributed by atoms with E-state index in [9.17, 15) is 0 Å².